The van der Waals surface area contributed by atoms with Crippen LogP contribution in [0.15, 0.2) is 18.3 Å². The zero-order valence-corrected chi connectivity index (χ0v) is 10.1. The van der Waals surface area contributed by atoms with Crippen molar-refractivity contribution in [1.29, 1.82) is 0 Å². The predicted octanol–water partition coefficient (Wildman–Crippen LogP) is 2.39. The Labute approximate surface area is 97.9 Å². The minimum Gasteiger partial charge on any atom is -0.492 e. The number of alkyl halides is 1. The maximum atomic E-state index is 5.63. The van der Waals surface area contributed by atoms with Gasteiger partial charge in [0.2, 0.25) is 0 Å². The Morgan fingerprint density at radius 2 is 2.47 bits per heavy atom. The smallest absolute Gasteiger partial charge is 0.137 e. The fraction of sp³-hybridized carbons (Fsp3) is 0.545. The third-order valence-corrected chi connectivity index (χ3v) is 3.02. The van der Waals surface area contributed by atoms with Crippen LogP contribution in [0.3, 0.4) is 0 Å². The van der Waals surface area contributed by atoms with Crippen molar-refractivity contribution in [2.75, 3.05) is 19.8 Å². The van der Waals surface area contributed by atoms with Gasteiger partial charge in [-0.05, 0) is 18.6 Å². The van der Waals surface area contributed by atoms with Gasteiger partial charge in [-0.25, -0.2) is 0 Å². The van der Waals surface area contributed by atoms with E-state index >= 15 is 0 Å². The summed E-state index contributed by atoms with van der Waals surface area (Å²) in [6.45, 7) is 2.43. The van der Waals surface area contributed by atoms with Crippen LogP contribution in [-0.2, 0) is 10.1 Å². The quantitative estimate of drug-likeness (QED) is 0.789. The van der Waals surface area contributed by atoms with Gasteiger partial charge in [-0.1, -0.05) is 15.9 Å². The van der Waals surface area contributed by atoms with Crippen LogP contribution in [0.25, 0.3) is 0 Å². The normalized spacial score (nSPS) is 20.5. The summed E-state index contributed by atoms with van der Waals surface area (Å²) < 4.78 is 10.9. The van der Waals surface area contributed by atoms with Crippen LogP contribution in [0.5, 0.6) is 5.75 Å². The van der Waals surface area contributed by atoms with Crippen molar-refractivity contribution in [1.82, 2.24) is 4.98 Å². The van der Waals surface area contributed by atoms with Gasteiger partial charge >= 0.3 is 0 Å². The molecule has 0 aliphatic carbocycles. The van der Waals surface area contributed by atoms with Crippen molar-refractivity contribution in [2.24, 2.45) is 5.92 Å². The molecule has 1 aromatic heterocycles. The van der Waals surface area contributed by atoms with Gasteiger partial charge in [0, 0.05) is 17.9 Å². The van der Waals surface area contributed by atoms with Gasteiger partial charge in [-0.3, -0.25) is 4.98 Å². The Balaban J connectivity index is 1.82. The van der Waals surface area contributed by atoms with Crippen LogP contribution in [-0.4, -0.2) is 24.8 Å². The van der Waals surface area contributed by atoms with Gasteiger partial charge in [0.25, 0.3) is 0 Å². The van der Waals surface area contributed by atoms with E-state index in [1.54, 1.807) is 6.20 Å². The van der Waals surface area contributed by atoms with E-state index in [0.29, 0.717) is 5.92 Å². The van der Waals surface area contributed by atoms with Crippen molar-refractivity contribution in [3.05, 3.63) is 24.0 Å². The highest BCUT2D eigenvalue weighted by Gasteiger charge is 2.16. The lowest BCUT2D eigenvalue weighted by Gasteiger charge is -2.09. The average molecular weight is 272 g/mol. The first kappa shape index (κ1) is 10.9. The molecule has 0 saturated carbocycles. The SMILES string of the molecule is BrCc1ccc(OCC2CCOC2)cn1. The van der Waals surface area contributed by atoms with Crippen molar-refractivity contribution >= 4 is 15.9 Å². The molecule has 1 aliphatic heterocycles. The minimum atomic E-state index is 0.542. The second-order valence-corrected chi connectivity index (χ2v) is 4.22. The van der Waals surface area contributed by atoms with Gasteiger partial charge in [0.1, 0.15) is 5.75 Å². The summed E-state index contributed by atoms with van der Waals surface area (Å²) >= 11 is 3.36. The van der Waals surface area contributed by atoms with Crippen LogP contribution >= 0.6 is 15.9 Å². The maximum absolute atomic E-state index is 5.63. The zero-order valence-electron chi connectivity index (χ0n) is 8.49. The molecule has 0 N–H and O–H groups in total. The molecule has 1 aliphatic rings. The molecule has 1 aromatic rings. The van der Waals surface area contributed by atoms with Crippen LogP contribution in [0, 0.1) is 5.92 Å². The van der Waals surface area contributed by atoms with Gasteiger partial charge in [0.05, 0.1) is 25.1 Å². The van der Waals surface area contributed by atoms with E-state index in [2.05, 4.69) is 20.9 Å². The zero-order chi connectivity index (χ0) is 10.5. The van der Waals surface area contributed by atoms with E-state index in [9.17, 15) is 0 Å². The lowest BCUT2D eigenvalue weighted by atomic mass is 10.1. The summed E-state index contributed by atoms with van der Waals surface area (Å²) in [5.41, 5.74) is 1.02. The molecule has 0 bridgehead atoms. The van der Waals surface area contributed by atoms with Crippen molar-refractivity contribution in [2.45, 2.75) is 11.8 Å². The Bertz CT molecular complexity index is 296. The number of halogens is 1. The Kier molecular flexibility index (Phi) is 3.97. The maximum Gasteiger partial charge on any atom is 0.137 e. The monoisotopic (exact) mass is 271 g/mol. The van der Waals surface area contributed by atoms with Crippen LogP contribution in [0.4, 0.5) is 0 Å². The van der Waals surface area contributed by atoms with Crippen LogP contribution in [0.1, 0.15) is 12.1 Å². The van der Waals surface area contributed by atoms with E-state index < -0.39 is 0 Å². The Hall–Kier alpha value is -0.610. The highest BCUT2D eigenvalue weighted by Crippen LogP contribution is 2.16. The lowest BCUT2D eigenvalue weighted by molar-refractivity contribution is 0.167. The summed E-state index contributed by atoms with van der Waals surface area (Å²) in [5, 5.41) is 0.781. The molecule has 0 spiro atoms. The standard InChI is InChI=1S/C11H14BrNO2/c12-5-10-1-2-11(6-13-10)15-8-9-3-4-14-7-9/h1-2,6,9H,3-5,7-8H2. The summed E-state index contributed by atoms with van der Waals surface area (Å²) in [4.78, 5) is 4.24. The Morgan fingerprint density at radius 3 is 3.07 bits per heavy atom. The summed E-state index contributed by atoms with van der Waals surface area (Å²) in [6, 6.07) is 3.93. The fourth-order valence-corrected chi connectivity index (χ4v) is 1.84. The molecule has 3 nitrogen and oxygen atoms in total. The van der Waals surface area contributed by atoms with Crippen LogP contribution in [0.2, 0.25) is 0 Å². The minimum absolute atomic E-state index is 0.542. The molecule has 1 saturated heterocycles. The molecule has 0 amide bonds. The first-order chi connectivity index (χ1) is 7.38. The molecule has 2 heterocycles. The molecule has 2 rings (SSSR count). The summed E-state index contributed by atoms with van der Waals surface area (Å²) in [7, 11) is 0. The molecular weight excluding hydrogens is 258 g/mol. The van der Waals surface area contributed by atoms with Crippen molar-refractivity contribution in [3.63, 3.8) is 0 Å². The number of ether oxygens (including phenoxy) is 2. The van der Waals surface area contributed by atoms with Crippen molar-refractivity contribution in [3.8, 4) is 5.75 Å². The van der Waals surface area contributed by atoms with E-state index in [4.69, 9.17) is 9.47 Å². The number of hydrogen-bond acceptors (Lipinski definition) is 3. The van der Waals surface area contributed by atoms with Gasteiger partial charge in [-0.15, -0.1) is 0 Å². The van der Waals surface area contributed by atoms with E-state index in [1.165, 1.54) is 0 Å². The third kappa shape index (κ3) is 3.18. The first-order valence-electron chi connectivity index (χ1n) is 5.10. The van der Waals surface area contributed by atoms with E-state index in [0.717, 1.165) is 43.0 Å². The number of rotatable bonds is 4. The molecule has 1 atom stereocenters. The molecule has 15 heavy (non-hydrogen) atoms. The van der Waals surface area contributed by atoms with Gasteiger partial charge < -0.3 is 9.47 Å². The van der Waals surface area contributed by atoms with E-state index in [1.807, 2.05) is 12.1 Å². The molecule has 1 unspecified atom stereocenters. The summed E-state index contributed by atoms with van der Waals surface area (Å²) in [5.74, 6) is 1.38. The Morgan fingerprint density at radius 1 is 1.53 bits per heavy atom. The average Bonchev–Trinajstić information content (AvgIpc) is 2.80. The molecule has 1 fully saturated rings. The second kappa shape index (κ2) is 5.47. The fourth-order valence-electron chi connectivity index (χ4n) is 1.50. The second-order valence-electron chi connectivity index (χ2n) is 3.66. The molecular formula is C11H14BrNO2. The highest BCUT2D eigenvalue weighted by atomic mass is 79.9. The number of pyridine rings is 1. The van der Waals surface area contributed by atoms with Gasteiger partial charge in [0.15, 0.2) is 0 Å². The number of nitrogens with zero attached hydrogens (tertiary/aromatic N) is 1. The molecule has 82 valence electrons. The number of hydrogen-bond donors (Lipinski definition) is 0. The number of aromatic nitrogens is 1. The molecule has 4 heteroatoms. The predicted molar refractivity (Wildman–Crippen MR) is 61.3 cm³/mol. The van der Waals surface area contributed by atoms with Crippen molar-refractivity contribution < 1.29 is 9.47 Å². The molecule has 0 aromatic carbocycles. The third-order valence-electron chi connectivity index (χ3n) is 2.44. The first-order valence-corrected chi connectivity index (χ1v) is 6.22. The van der Waals surface area contributed by atoms with Crippen LogP contribution < -0.4 is 4.74 Å². The lowest BCUT2D eigenvalue weighted by Crippen LogP contribution is -2.11. The largest absolute Gasteiger partial charge is 0.492 e. The molecule has 0 radical (unpaired) electrons. The topological polar surface area (TPSA) is 31.4 Å². The summed E-state index contributed by atoms with van der Waals surface area (Å²) in [6.07, 6.45) is 2.87. The van der Waals surface area contributed by atoms with Gasteiger partial charge in [-0.2, -0.15) is 0 Å². The highest BCUT2D eigenvalue weighted by molar-refractivity contribution is 9.08. The van der Waals surface area contributed by atoms with E-state index in [-0.39, 0.29) is 0 Å².